The van der Waals surface area contributed by atoms with E-state index in [1.165, 1.54) is 6.20 Å². The summed E-state index contributed by atoms with van der Waals surface area (Å²) in [6.45, 7) is 8.68. The fourth-order valence-corrected chi connectivity index (χ4v) is 4.40. The molecule has 0 aliphatic carbocycles. The number of anilines is 2. The van der Waals surface area contributed by atoms with Crippen LogP contribution in [-0.2, 0) is 0 Å². The molecule has 8 nitrogen and oxygen atoms in total. The van der Waals surface area contributed by atoms with Crippen molar-refractivity contribution in [3.05, 3.63) is 58.4 Å². The zero-order valence-corrected chi connectivity index (χ0v) is 18.9. The molecule has 0 radical (unpaired) electrons. The maximum atomic E-state index is 15.3. The van der Waals surface area contributed by atoms with Gasteiger partial charge in [0.25, 0.3) is 0 Å². The van der Waals surface area contributed by atoms with Crippen LogP contribution in [0.3, 0.4) is 0 Å². The van der Waals surface area contributed by atoms with Gasteiger partial charge >= 0.3 is 5.97 Å². The Labute approximate surface area is 190 Å². The SMILES string of the molecule is CC.C[C@H]1COc2c(N3CCN(c4ccncc4)CC3)c(F)cc3c(=O)c(C(=O)O)cn1c23. The summed E-state index contributed by atoms with van der Waals surface area (Å²) < 4.78 is 22.9. The van der Waals surface area contributed by atoms with Crippen molar-refractivity contribution in [1.82, 2.24) is 9.55 Å². The molecule has 4 heterocycles. The van der Waals surface area contributed by atoms with Crippen molar-refractivity contribution in [3.63, 3.8) is 0 Å². The van der Waals surface area contributed by atoms with Crippen molar-refractivity contribution in [1.29, 1.82) is 0 Å². The summed E-state index contributed by atoms with van der Waals surface area (Å²) in [6, 6.07) is 4.85. The van der Waals surface area contributed by atoms with Gasteiger partial charge in [-0.1, -0.05) is 13.8 Å². The molecule has 1 N–H and O–H groups in total. The molecule has 2 aliphatic heterocycles. The number of hydrogen-bond acceptors (Lipinski definition) is 6. The summed E-state index contributed by atoms with van der Waals surface area (Å²) in [6.07, 6.45) is 4.83. The minimum Gasteiger partial charge on any atom is -0.487 e. The smallest absolute Gasteiger partial charge is 0.341 e. The highest BCUT2D eigenvalue weighted by Gasteiger charge is 2.31. The van der Waals surface area contributed by atoms with E-state index in [0.29, 0.717) is 43.1 Å². The molecule has 174 valence electrons. The van der Waals surface area contributed by atoms with Gasteiger partial charge in [0.15, 0.2) is 11.6 Å². The monoisotopic (exact) mass is 454 g/mol. The van der Waals surface area contributed by atoms with Gasteiger partial charge in [-0.05, 0) is 25.1 Å². The topological polar surface area (TPSA) is 87.9 Å². The van der Waals surface area contributed by atoms with E-state index in [4.69, 9.17) is 4.74 Å². The van der Waals surface area contributed by atoms with Gasteiger partial charge in [0.05, 0.1) is 16.9 Å². The molecule has 2 aliphatic rings. The molecule has 0 bridgehead atoms. The predicted octanol–water partition coefficient (Wildman–Crippen LogP) is 3.54. The second-order valence-corrected chi connectivity index (χ2v) is 7.86. The average Bonchev–Trinajstić information content (AvgIpc) is 2.84. The highest BCUT2D eigenvalue weighted by molar-refractivity contribution is 5.97. The molecular weight excluding hydrogens is 427 g/mol. The Morgan fingerprint density at radius 2 is 1.79 bits per heavy atom. The number of aromatic carboxylic acids is 1. The van der Waals surface area contributed by atoms with Crippen LogP contribution >= 0.6 is 0 Å². The molecule has 0 unspecified atom stereocenters. The summed E-state index contributed by atoms with van der Waals surface area (Å²) in [5.74, 6) is -1.60. The molecular formula is C24H27FN4O4. The summed E-state index contributed by atoms with van der Waals surface area (Å²) in [7, 11) is 0. The number of nitrogens with zero attached hydrogens (tertiary/aromatic N) is 4. The Morgan fingerprint density at radius 3 is 2.42 bits per heavy atom. The maximum absolute atomic E-state index is 15.3. The number of carboxylic acids is 1. The van der Waals surface area contributed by atoms with Crippen LogP contribution in [0.5, 0.6) is 5.75 Å². The molecule has 0 saturated carbocycles. The van der Waals surface area contributed by atoms with E-state index in [1.54, 1.807) is 17.0 Å². The van der Waals surface area contributed by atoms with E-state index in [9.17, 15) is 14.7 Å². The Kier molecular flexibility index (Phi) is 6.22. The maximum Gasteiger partial charge on any atom is 0.341 e. The number of pyridine rings is 2. The third-order valence-electron chi connectivity index (χ3n) is 6.00. The molecule has 0 spiro atoms. The lowest BCUT2D eigenvalue weighted by Crippen LogP contribution is -2.47. The van der Waals surface area contributed by atoms with E-state index < -0.39 is 17.2 Å². The molecule has 1 saturated heterocycles. The number of halogens is 1. The van der Waals surface area contributed by atoms with E-state index >= 15 is 4.39 Å². The van der Waals surface area contributed by atoms with Crippen molar-refractivity contribution < 1.29 is 19.0 Å². The zero-order valence-electron chi connectivity index (χ0n) is 18.9. The number of piperazine rings is 1. The fraction of sp³-hybridized carbons (Fsp3) is 0.375. The van der Waals surface area contributed by atoms with Crippen LogP contribution in [0.15, 0.2) is 41.6 Å². The van der Waals surface area contributed by atoms with E-state index in [1.807, 2.05) is 37.8 Å². The number of hydrogen-bond donors (Lipinski definition) is 1. The minimum atomic E-state index is -1.33. The lowest BCUT2D eigenvalue weighted by Gasteiger charge is -2.39. The van der Waals surface area contributed by atoms with Crippen molar-refractivity contribution in [2.75, 3.05) is 42.6 Å². The normalized spacial score (nSPS) is 17.3. The molecule has 1 atom stereocenters. The van der Waals surface area contributed by atoms with E-state index in [-0.39, 0.29) is 23.6 Å². The molecule has 1 aromatic carbocycles. The highest BCUT2D eigenvalue weighted by atomic mass is 19.1. The van der Waals surface area contributed by atoms with Gasteiger partial charge in [0, 0.05) is 50.5 Å². The summed E-state index contributed by atoms with van der Waals surface area (Å²) in [4.78, 5) is 32.4. The standard InChI is InChI=1S/C22H21FN4O4.C2H6/c1-13-12-31-21-18-15(20(28)16(22(29)30)11-27(13)18)10-17(23)19(21)26-8-6-25(7-9-26)14-2-4-24-5-3-14;1-2/h2-5,10-11,13H,6-9,12H2,1H3,(H,29,30);1-2H3/t13-;/m0./s1. The largest absolute Gasteiger partial charge is 0.487 e. The van der Waals surface area contributed by atoms with Gasteiger partial charge in [-0.15, -0.1) is 0 Å². The van der Waals surface area contributed by atoms with Gasteiger partial charge < -0.3 is 24.2 Å². The van der Waals surface area contributed by atoms with Gasteiger partial charge in [0.1, 0.15) is 17.9 Å². The minimum absolute atomic E-state index is 0.0260. The van der Waals surface area contributed by atoms with Gasteiger partial charge in [0.2, 0.25) is 5.43 Å². The Balaban J connectivity index is 0.00000126. The number of rotatable bonds is 3. The second-order valence-electron chi connectivity index (χ2n) is 7.86. The third-order valence-corrected chi connectivity index (χ3v) is 6.00. The quantitative estimate of drug-likeness (QED) is 0.648. The first kappa shape index (κ1) is 22.6. The molecule has 5 rings (SSSR count). The third kappa shape index (κ3) is 3.88. The van der Waals surface area contributed by atoms with Crippen LogP contribution in [0.2, 0.25) is 0 Å². The lowest BCUT2D eigenvalue weighted by molar-refractivity contribution is 0.0694. The Bertz CT molecular complexity index is 1240. The lowest BCUT2D eigenvalue weighted by atomic mass is 10.1. The second kappa shape index (κ2) is 9.09. The number of benzene rings is 1. The highest BCUT2D eigenvalue weighted by Crippen LogP contribution is 2.42. The Hall–Kier alpha value is -3.62. The van der Waals surface area contributed by atoms with Crippen LogP contribution in [0.1, 0.15) is 37.2 Å². The van der Waals surface area contributed by atoms with Crippen molar-refractivity contribution in [3.8, 4) is 5.75 Å². The molecule has 9 heteroatoms. The number of carbonyl (C=O) groups is 1. The van der Waals surface area contributed by atoms with Crippen LogP contribution in [0.4, 0.5) is 15.8 Å². The molecule has 33 heavy (non-hydrogen) atoms. The van der Waals surface area contributed by atoms with Gasteiger partial charge in [-0.25, -0.2) is 9.18 Å². The first-order valence-electron chi connectivity index (χ1n) is 11.1. The molecule has 2 aromatic heterocycles. The van der Waals surface area contributed by atoms with Crippen molar-refractivity contribution in [2.45, 2.75) is 26.8 Å². The molecule has 0 amide bonds. The van der Waals surface area contributed by atoms with E-state index in [2.05, 4.69) is 9.88 Å². The van der Waals surface area contributed by atoms with Crippen LogP contribution < -0.4 is 20.0 Å². The molecule has 1 fully saturated rings. The van der Waals surface area contributed by atoms with Crippen LogP contribution in [0.25, 0.3) is 10.9 Å². The summed E-state index contributed by atoms with van der Waals surface area (Å²) >= 11 is 0. The summed E-state index contributed by atoms with van der Waals surface area (Å²) in [5.41, 5.74) is 0.762. The predicted molar refractivity (Wildman–Crippen MR) is 125 cm³/mol. The number of carboxylic acid groups (broad SMARTS) is 1. The average molecular weight is 455 g/mol. The van der Waals surface area contributed by atoms with Gasteiger partial charge in [-0.2, -0.15) is 0 Å². The van der Waals surface area contributed by atoms with Gasteiger partial charge in [-0.3, -0.25) is 9.78 Å². The van der Waals surface area contributed by atoms with Crippen molar-refractivity contribution >= 4 is 28.2 Å². The van der Waals surface area contributed by atoms with Crippen molar-refractivity contribution in [2.24, 2.45) is 0 Å². The Morgan fingerprint density at radius 1 is 1.15 bits per heavy atom. The first-order valence-corrected chi connectivity index (χ1v) is 11.1. The number of aromatic nitrogens is 2. The van der Waals surface area contributed by atoms with Crippen LogP contribution in [-0.4, -0.2) is 53.4 Å². The summed E-state index contributed by atoms with van der Waals surface area (Å²) in [5, 5.41) is 9.44. The van der Waals surface area contributed by atoms with E-state index in [0.717, 1.165) is 11.8 Å². The number of ether oxygens (including phenoxy) is 1. The molecule has 3 aromatic rings. The first-order chi connectivity index (χ1) is 16.0. The zero-order chi connectivity index (χ0) is 23.7. The van der Waals surface area contributed by atoms with Crippen LogP contribution in [0, 0.1) is 5.82 Å². The fourth-order valence-electron chi connectivity index (χ4n) is 4.40.